The molecule has 1 aliphatic carbocycles. The van der Waals surface area contributed by atoms with Crippen LogP contribution in [0, 0.1) is 11.8 Å². The first-order valence-electron chi connectivity index (χ1n) is 6.61. The monoisotopic (exact) mass is 269 g/mol. The molecular weight excluding hydrogens is 254 g/mol. The molecule has 2 N–H and O–H groups in total. The number of hydrogen-bond donors (Lipinski definition) is 2. The summed E-state index contributed by atoms with van der Waals surface area (Å²) < 4.78 is 0. The molecule has 0 saturated heterocycles. The van der Waals surface area contributed by atoms with Crippen molar-refractivity contribution < 1.29 is 9.59 Å². The van der Waals surface area contributed by atoms with Crippen LogP contribution in [0.4, 0.5) is 0 Å². The molecule has 0 radical (unpaired) electrons. The number of pyridine rings is 1. The molecule has 1 aromatic heterocycles. The molecule has 1 saturated carbocycles. The van der Waals surface area contributed by atoms with Gasteiger partial charge in [0.2, 0.25) is 5.91 Å². The van der Waals surface area contributed by atoms with E-state index in [1.54, 1.807) is 18.3 Å². The molecule has 20 heavy (non-hydrogen) atoms. The summed E-state index contributed by atoms with van der Waals surface area (Å²) in [6.07, 6.45) is 2.53. The van der Waals surface area contributed by atoms with Gasteiger partial charge in [0.15, 0.2) is 0 Å². The zero-order valence-electron chi connectivity index (χ0n) is 11.1. The van der Waals surface area contributed by atoms with E-state index in [9.17, 15) is 9.59 Å². The predicted molar refractivity (Wildman–Crippen MR) is 74.6 cm³/mol. The van der Waals surface area contributed by atoms with Gasteiger partial charge in [0.05, 0.1) is 11.1 Å². The third-order valence-electron chi connectivity index (χ3n) is 3.62. The van der Waals surface area contributed by atoms with E-state index in [0.717, 1.165) is 11.8 Å². The van der Waals surface area contributed by atoms with E-state index < -0.39 is 0 Å². The number of carbonyl (C=O) groups is 2. The summed E-state index contributed by atoms with van der Waals surface area (Å²) in [5.74, 6) is -0.0398. The summed E-state index contributed by atoms with van der Waals surface area (Å²) in [5.41, 5.74) is 6.00. The molecule has 102 valence electrons. The molecule has 5 heteroatoms. The average Bonchev–Trinajstić information content (AvgIpc) is 3.21. The van der Waals surface area contributed by atoms with Crippen molar-refractivity contribution >= 4 is 22.7 Å². The Morgan fingerprint density at radius 3 is 2.70 bits per heavy atom. The van der Waals surface area contributed by atoms with Crippen LogP contribution in [0.2, 0.25) is 0 Å². The van der Waals surface area contributed by atoms with Gasteiger partial charge in [-0.2, -0.15) is 0 Å². The quantitative estimate of drug-likeness (QED) is 0.814. The highest BCUT2D eigenvalue weighted by atomic mass is 16.2. The molecule has 2 atom stereocenters. The number of nitrogens with one attached hydrogen (secondary N) is 2. The van der Waals surface area contributed by atoms with Crippen LogP contribution in [0.25, 0.3) is 10.9 Å². The maximum Gasteiger partial charge on any atom is 0.271 e. The fourth-order valence-corrected chi connectivity index (χ4v) is 2.25. The number of hydrazine groups is 1. The highest BCUT2D eigenvalue weighted by molar-refractivity contribution is 6.05. The Kier molecular flexibility index (Phi) is 3.10. The average molecular weight is 269 g/mol. The zero-order chi connectivity index (χ0) is 14.1. The minimum Gasteiger partial charge on any atom is -0.273 e. The second-order valence-electron chi connectivity index (χ2n) is 5.14. The van der Waals surface area contributed by atoms with Gasteiger partial charge in [-0.1, -0.05) is 25.1 Å². The molecule has 2 aromatic rings. The Morgan fingerprint density at radius 2 is 1.95 bits per heavy atom. The van der Waals surface area contributed by atoms with Crippen molar-refractivity contribution in [3.8, 4) is 0 Å². The SMILES string of the molecule is C[C@H]1C[C@@H]1C(=O)NNC(=O)c1cccc2cccnc12. The van der Waals surface area contributed by atoms with Crippen LogP contribution in [-0.4, -0.2) is 16.8 Å². The Hall–Kier alpha value is -2.43. The summed E-state index contributed by atoms with van der Waals surface area (Å²) in [6.45, 7) is 2.01. The second-order valence-corrected chi connectivity index (χ2v) is 5.14. The topological polar surface area (TPSA) is 71.1 Å². The lowest BCUT2D eigenvalue weighted by atomic mass is 10.1. The van der Waals surface area contributed by atoms with Gasteiger partial charge in [0.1, 0.15) is 0 Å². The van der Waals surface area contributed by atoms with Gasteiger partial charge in [-0.15, -0.1) is 0 Å². The van der Waals surface area contributed by atoms with E-state index >= 15 is 0 Å². The van der Waals surface area contributed by atoms with E-state index in [1.807, 2.05) is 25.1 Å². The van der Waals surface area contributed by atoms with Crippen molar-refractivity contribution in [3.05, 3.63) is 42.1 Å². The predicted octanol–water partition coefficient (Wildman–Crippen LogP) is 1.65. The van der Waals surface area contributed by atoms with Gasteiger partial charge in [-0.25, -0.2) is 0 Å². The number of carbonyl (C=O) groups excluding carboxylic acids is 2. The number of hydrogen-bond acceptors (Lipinski definition) is 3. The van der Waals surface area contributed by atoms with Crippen LogP contribution in [0.5, 0.6) is 0 Å². The molecular formula is C15H15N3O2. The van der Waals surface area contributed by atoms with Crippen LogP contribution in [0.3, 0.4) is 0 Å². The van der Waals surface area contributed by atoms with E-state index in [2.05, 4.69) is 15.8 Å². The van der Waals surface area contributed by atoms with E-state index in [-0.39, 0.29) is 17.7 Å². The number of fused-ring (bicyclic) bond motifs is 1. The Morgan fingerprint density at radius 1 is 1.20 bits per heavy atom. The highest BCUT2D eigenvalue weighted by Gasteiger charge is 2.39. The fraction of sp³-hybridized carbons (Fsp3) is 0.267. The van der Waals surface area contributed by atoms with Crippen molar-refractivity contribution in [3.63, 3.8) is 0 Å². The van der Waals surface area contributed by atoms with Crippen LogP contribution < -0.4 is 10.9 Å². The molecule has 3 rings (SSSR count). The maximum atomic E-state index is 12.1. The number of para-hydroxylation sites is 1. The van der Waals surface area contributed by atoms with Gasteiger partial charge in [-0.3, -0.25) is 25.4 Å². The standard InChI is InChI=1S/C15H15N3O2/c1-9-8-12(9)15(20)18-17-14(19)11-6-2-4-10-5-3-7-16-13(10)11/h2-7,9,12H,8H2,1H3,(H,17,19)(H,18,20)/t9-,12-/m0/s1. The molecule has 2 amide bonds. The summed E-state index contributed by atoms with van der Waals surface area (Å²) in [6, 6.07) is 9.09. The minimum absolute atomic E-state index is 0.0287. The Labute approximate surface area is 116 Å². The van der Waals surface area contributed by atoms with Crippen molar-refractivity contribution in [2.24, 2.45) is 11.8 Å². The first kappa shape index (κ1) is 12.6. The lowest BCUT2D eigenvalue weighted by Crippen LogP contribution is -2.42. The second kappa shape index (κ2) is 4.92. The molecule has 1 fully saturated rings. The van der Waals surface area contributed by atoms with Gasteiger partial charge >= 0.3 is 0 Å². The maximum absolute atomic E-state index is 12.1. The number of nitrogens with zero attached hydrogens (tertiary/aromatic N) is 1. The summed E-state index contributed by atoms with van der Waals surface area (Å²) in [4.78, 5) is 28.0. The normalized spacial score (nSPS) is 20.4. The van der Waals surface area contributed by atoms with Crippen LogP contribution in [-0.2, 0) is 4.79 Å². The van der Waals surface area contributed by atoms with E-state index in [1.165, 1.54) is 0 Å². The van der Waals surface area contributed by atoms with Crippen molar-refractivity contribution in [2.75, 3.05) is 0 Å². The molecule has 0 spiro atoms. The third kappa shape index (κ3) is 2.34. The first-order valence-corrected chi connectivity index (χ1v) is 6.61. The van der Waals surface area contributed by atoms with Crippen molar-refractivity contribution in [2.45, 2.75) is 13.3 Å². The largest absolute Gasteiger partial charge is 0.273 e. The summed E-state index contributed by atoms with van der Waals surface area (Å²) in [5, 5.41) is 0.891. The number of amides is 2. The summed E-state index contributed by atoms with van der Waals surface area (Å²) in [7, 11) is 0. The lowest BCUT2D eigenvalue weighted by Gasteiger charge is -2.08. The fourth-order valence-electron chi connectivity index (χ4n) is 2.25. The number of benzene rings is 1. The van der Waals surface area contributed by atoms with E-state index in [4.69, 9.17) is 0 Å². The molecule has 0 bridgehead atoms. The van der Waals surface area contributed by atoms with E-state index in [0.29, 0.717) is 17.0 Å². The lowest BCUT2D eigenvalue weighted by molar-refractivity contribution is -0.123. The van der Waals surface area contributed by atoms with Crippen LogP contribution >= 0.6 is 0 Å². The molecule has 0 unspecified atom stereocenters. The smallest absolute Gasteiger partial charge is 0.271 e. The summed E-state index contributed by atoms with van der Waals surface area (Å²) >= 11 is 0. The van der Waals surface area contributed by atoms with Crippen molar-refractivity contribution in [1.82, 2.24) is 15.8 Å². The minimum atomic E-state index is -0.351. The third-order valence-corrected chi connectivity index (χ3v) is 3.62. The van der Waals surface area contributed by atoms with Crippen LogP contribution in [0.15, 0.2) is 36.5 Å². The number of aromatic nitrogens is 1. The molecule has 5 nitrogen and oxygen atoms in total. The Bertz CT molecular complexity index is 678. The van der Waals surface area contributed by atoms with Gasteiger partial charge in [0.25, 0.3) is 5.91 Å². The zero-order valence-corrected chi connectivity index (χ0v) is 11.1. The molecule has 1 aromatic carbocycles. The number of rotatable bonds is 2. The molecule has 1 aliphatic rings. The Balaban J connectivity index is 1.74. The van der Waals surface area contributed by atoms with Crippen molar-refractivity contribution in [1.29, 1.82) is 0 Å². The highest BCUT2D eigenvalue weighted by Crippen LogP contribution is 2.37. The van der Waals surface area contributed by atoms with Crippen LogP contribution in [0.1, 0.15) is 23.7 Å². The molecule has 1 heterocycles. The first-order chi connectivity index (χ1) is 9.66. The van der Waals surface area contributed by atoms with Gasteiger partial charge < -0.3 is 0 Å². The van der Waals surface area contributed by atoms with Gasteiger partial charge in [-0.05, 0) is 24.5 Å². The van der Waals surface area contributed by atoms with Gasteiger partial charge in [0, 0.05) is 17.5 Å². The molecule has 0 aliphatic heterocycles.